The second-order valence-electron chi connectivity index (χ2n) is 3.72. The van der Waals surface area contributed by atoms with Gasteiger partial charge >= 0.3 is 6.36 Å². The molecule has 1 aromatic heterocycles. The van der Waals surface area contributed by atoms with E-state index >= 15 is 0 Å². The van der Waals surface area contributed by atoms with Gasteiger partial charge in [0.15, 0.2) is 11.5 Å². The van der Waals surface area contributed by atoms with E-state index in [2.05, 4.69) is 9.72 Å². The van der Waals surface area contributed by atoms with Gasteiger partial charge in [0.05, 0.1) is 6.61 Å². The van der Waals surface area contributed by atoms with E-state index in [0.29, 0.717) is 5.56 Å². The van der Waals surface area contributed by atoms with Crippen molar-refractivity contribution in [1.29, 1.82) is 0 Å². The second-order valence-corrected chi connectivity index (χ2v) is 3.72. The number of benzene rings is 1. The van der Waals surface area contributed by atoms with Crippen molar-refractivity contribution in [3.8, 4) is 17.4 Å². The molecule has 1 heterocycles. The summed E-state index contributed by atoms with van der Waals surface area (Å²) in [7, 11) is 0. The molecule has 0 saturated heterocycles. The van der Waals surface area contributed by atoms with Crippen LogP contribution in [-0.4, -0.2) is 16.5 Å². The predicted molar refractivity (Wildman–Crippen MR) is 63.4 cm³/mol. The molecular formula is C13H10F3NO3. The van der Waals surface area contributed by atoms with Crippen LogP contribution in [0.2, 0.25) is 0 Å². The van der Waals surface area contributed by atoms with Crippen molar-refractivity contribution < 1.29 is 27.8 Å². The van der Waals surface area contributed by atoms with Gasteiger partial charge in [-0.2, -0.15) is 0 Å². The Hall–Kier alpha value is -2.28. The Labute approximate surface area is 112 Å². The molecule has 2 rings (SSSR count). The molecule has 0 atom stereocenters. The quantitative estimate of drug-likeness (QED) is 0.936. The van der Waals surface area contributed by atoms with Crippen molar-refractivity contribution >= 4 is 0 Å². The SMILES string of the molecule is OCc1cccnc1Oc1ccccc1OC(F)(F)F. The van der Waals surface area contributed by atoms with Crippen LogP contribution >= 0.6 is 0 Å². The molecule has 0 bridgehead atoms. The van der Waals surface area contributed by atoms with E-state index in [0.717, 1.165) is 6.07 Å². The molecule has 1 aromatic carbocycles. The average Bonchev–Trinajstić information content (AvgIpc) is 2.40. The number of hydrogen-bond acceptors (Lipinski definition) is 4. The molecule has 0 amide bonds. The van der Waals surface area contributed by atoms with Crippen LogP contribution in [-0.2, 0) is 6.61 Å². The molecule has 0 spiro atoms. The van der Waals surface area contributed by atoms with Gasteiger partial charge in [0.25, 0.3) is 0 Å². The fourth-order valence-corrected chi connectivity index (χ4v) is 1.48. The van der Waals surface area contributed by atoms with E-state index in [-0.39, 0.29) is 18.2 Å². The summed E-state index contributed by atoms with van der Waals surface area (Å²) in [6, 6.07) is 8.47. The normalized spacial score (nSPS) is 11.2. The van der Waals surface area contributed by atoms with Crippen LogP contribution in [0.15, 0.2) is 42.6 Å². The number of aliphatic hydroxyl groups excluding tert-OH is 1. The minimum absolute atomic E-state index is 0.0215. The average molecular weight is 285 g/mol. The van der Waals surface area contributed by atoms with E-state index in [1.807, 2.05) is 0 Å². The third-order valence-electron chi connectivity index (χ3n) is 2.30. The first-order chi connectivity index (χ1) is 9.49. The number of pyridine rings is 1. The van der Waals surface area contributed by atoms with Crippen LogP contribution < -0.4 is 9.47 Å². The number of hydrogen-bond donors (Lipinski definition) is 1. The van der Waals surface area contributed by atoms with E-state index in [1.165, 1.54) is 24.4 Å². The molecule has 2 aromatic rings. The maximum Gasteiger partial charge on any atom is 0.573 e. The van der Waals surface area contributed by atoms with Crippen LogP contribution in [0.1, 0.15) is 5.56 Å². The minimum Gasteiger partial charge on any atom is -0.435 e. The van der Waals surface area contributed by atoms with Crippen molar-refractivity contribution in [2.24, 2.45) is 0 Å². The summed E-state index contributed by atoms with van der Waals surface area (Å²) in [5.74, 6) is -0.596. The van der Waals surface area contributed by atoms with E-state index in [4.69, 9.17) is 9.84 Å². The third-order valence-corrected chi connectivity index (χ3v) is 2.30. The smallest absolute Gasteiger partial charge is 0.435 e. The van der Waals surface area contributed by atoms with Gasteiger partial charge in [-0.05, 0) is 24.3 Å². The Morgan fingerprint density at radius 2 is 1.75 bits per heavy atom. The number of rotatable bonds is 4. The number of halogens is 3. The van der Waals surface area contributed by atoms with Crippen LogP contribution in [0, 0.1) is 0 Å². The van der Waals surface area contributed by atoms with Crippen molar-refractivity contribution in [3.63, 3.8) is 0 Å². The summed E-state index contributed by atoms with van der Waals surface area (Å²) in [6.45, 7) is -0.342. The van der Waals surface area contributed by atoms with Gasteiger partial charge in [-0.1, -0.05) is 12.1 Å². The lowest BCUT2D eigenvalue weighted by Gasteiger charge is -2.14. The molecule has 20 heavy (non-hydrogen) atoms. The van der Waals surface area contributed by atoms with Gasteiger partial charge in [0.2, 0.25) is 5.88 Å². The summed E-state index contributed by atoms with van der Waals surface area (Å²) < 4.78 is 46.0. The Morgan fingerprint density at radius 1 is 1.05 bits per heavy atom. The number of para-hydroxylation sites is 2. The van der Waals surface area contributed by atoms with Gasteiger partial charge < -0.3 is 14.6 Å². The zero-order chi connectivity index (χ0) is 14.6. The lowest BCUT2D eigenvalue weighted by atomic mass is 10.3. The molecule has 0 unspecified atom stereocenters. The fourth-order valence-electron chi connectivity index (χ4n) is 1.48. The zero-order valence-corrected chi connectivity index (χ0v) is 10.1. The maximum atomic E-state index is 12.3. The molecule has 7 heteroatoms. The molecule has 4 nitrogen and oxygen atoms in total. The predicted octanol–water partition coefficient (Wildman–Crippen LogP) is 3.26. The van der Waals surface area contributed by atoms with E-state index < -0.39 is 12.1 Å². The number of alkyl halides is 3. The summed E-state index contributed by atoms with van der Waals surface area (Å²) in [6.07, 6.45) is -3.41. The Morgan fingerprint density at radius 3 is 2.40 bits per heavy atom. The van der Waals surface area contributed by atoms with Crippen molar-refractivity contribution in [3.05, 3.63) is 48.2 Å². The summed E-state index contributed by atoms with van der Waals surface area (Å²) in [4.78, 5) is 3.86. The highest BCUT2D eigenvalue weighted by Crippen LogP contribution is 2.35. The minimum atomic E-state index is -4.82. The van der Waals surface area contributed by atoms with E-state index in [9.17, 15) is 13.2 Å². The lowest BCUT2D eigenvalue weighted by Crippen LogP contribution is -2.17. The molecule has 0 fully saturated rings. The lowest BCUT2D eigenvalue weighted by molar-refractivity contribution is -0.275. The summed E-state index contributed by atoms with van der Waals surface area (Å²) in [5.41, 5.74) is 0.356. The highest BCUT2D eigenvalue weighted by molar-refractivity contribution is 5.42. The van der Waals surface area contributed by atoms with Crippen molar-refractivity contribution in [2.45, 2.75) is 13.0 Å². The Balaban J connectivity index is 2.29. The van der Waals surface area contributed by atoms with E-state index in [1.54, 1.807) is 12.1 Å². The molecule has 0 radical (unpaired) electrons. The number of ether oxygens (including phenoxy) is 2. The highest BCUT2D eigenvalue weighted by Gasteiger charge is 2.32. The van der Waals surface area contributed by atoms with Gasteiger partial charge in [0, 0.05) is 11.8 Å². The number of aromatic nitrogens is 1. The van der Waals surface area contributed by atoms with Crippen molar-refractivity contribution in [1.82, 2.24) is 4.98 Å². The third kappa shape index (κ3) is 3.61. The highest BCUT2D eigenvalue weighted by atomic mass is 19.4. The van der Waals surface area contributed by atoms with Crippen LogP contribution in [0.25, 0.3) is 0 Å². The topological polar surface area (TPSA) is 51.6 Å². The summed E-state index contributed by atoms with van der Waals surface area (Å²) >= 11 is 0. The fraction of sp³-hybridized carbons (Fsp3) is 0.154. The molecule has 106 valence electrons. The number of aliphatic hydroxyl groups is 1. The zero-order valence-electron chi connectivity index (χ0n) is 10.1. The molecule has 0 aliphatic heterocycles. The van der Waals surface area contributed by atoms with Crippen LogP contribution in [0.4, 0.5) is 13.2 Å². The second kappa shape index (κ2) is 5.79. The van der Waals surface area contributed by atoms with Gasteiger partial charge in [-0.3, -0.25) is 0 Å². The molecule has 0 aliphatic carbocycles. The van der Waals surface area contributed by atoms with Crippen molar-refractivity contribution in [2.75, 3.05) is 0 Å². The molecule has 0 aliphatic rings. The van der Waals surface area contributed by atoms with Crippen LogP contribution in [0.3, 0.4) is 0 Å². The monoisotopic (exact) mass is 285 g/mol. The molecule has 1 N–H and O–H groups in total. The first-order valence-corrected chi connectivity index (χ1v) is 5.57. The van der Waals surface area contributed by atoms with Gasteiger partial charge in [-0.25, -0.2) is 4.98 Å². The van der Waals surface area contributed by atoms with Crippen LogP contribution in [0.5, 0.6) is 17.4 Å². The summed E-state index contributed by atoms with van der Waals surface area (Å²) in [5, 5.41) is 9.12. The van der Waals surface area contributed by atoms with Gasteiger partial charge in [-0.15, -0.1) is 13.2 Å². The standard InChI is InChI=1S/C13H10F3NO3/c14-13(15,16)20-11-6-2-1-5-10(11)19-12-9(8-18)4-3-7-17-12/h1-7,18H,8H2. The largest absolute Gasteiger partial charge is 0.573 e. The maximum absolute atomic E-state index is 12.3. The Kier molecular flexibility index (Phi) is 4.09. The first-order valence-electron chi connectivity index (χ1n) is 5.57. The Bertz CT molecular complexity index is 587. The first kappa shape index (κ1) is 14.1. The van der Waals surface area contributed by atoms with Gasteiger partial charge in [0.1, 0.15) is 0 Å². The molecular weight excluding hydrogens is 275 g/mol. The number of nitrogens with zero attached hydrogens (tertiary/aromatic N) is 1. The molecule has 0 saturated carbocycles.